The summed E-state index contributed by atoms with van der Waals surface area (Å²) in [5, 5.41) is 0.188. The van der Waals surface area contributed by atoms with Crippen LogP contribution in [0.4, 0.5) is 0 Å². The van der Waals surface area contributed by atoms with Gasteiger partial charge in [-0.15, -0.1) is 0 Å². The van der Waals surface area contributed by atoms with Gasteiger partial charge in [0.1, 0.15) is 6.10 Å². The van der Waals surface area contributed by atoms with E-state index in [2.05, 4.69) is 33.9 Å². The van der Waals surface area contributed by atoms with E-state index in [-0.39, 0.29) is 17.1 Å². The van der Waals surface area contributed by atoms with Crippen LogP contribution in [0.25, 0.3) is 0 Å². The Balaban J connectivity index is 2.53. The van der Waals surface area contributed by atoms with Gasteiger partial charge in [0.25, 0.3) is 0 Å². The van der Waals surface area contributed by atoms with Gasteiger partial charge in [0.15, 0.2) is 8.32 Å². The van der Waals surface area contributed by atoms with Crippen LogP contribution in [0.1, 0.15) is 27.7 Å². The highest BCUT2D eigenvalue weighted by molar-refractivity contribution is 6.74. The van der Waals surface area contributed by atoms with Crippen molar-refractivity contribution < 1.29 is 14.0 Å². The van der Waals surface area contributed by atoms with Gasteiger partial charge in [0.05, 0.1) is 6.61 Å². The average Bonchev–Trinajstić information content (AvgIpc) is 2.39. The largest absolute Gasteiger partial charge is 0.452 e. The molecule has 0 saturated heterocycles. The van der Waals surface area contributed by atoms with Gasteiger partial charge in [-0.3, -0.25) is 0 Å². The molecule has 3 nitrogen and oxygen atoms in total. The van der Waals surface area contributed by atoms with Crippen LogP contribution < -0.4 is 0 Å². The van der Waals surface area contributed by atoms with Crippen LogP contribution in [-0.4, -0.2) is 27.0 Å². The van der Waals surface area contributed by atoms with Crippen molar-refractivity contribution in [3.8, 4) is 0 Å². The molecule has 0 N–H and O–H groups in total. The monoisotopic (exact) mass is 242 g/mol. The van der Waals surface area contributed by atoms with E-state index in [0.29, 0.717) is 6.61 Å². The summed E-state index contributed by atoms with van der Waals surface area (Å²) in [5.74, 6) is -0.249. The van der Waals surface area contributed by atoms with Gasteiger partial charge in [-0.05, 0) is 30.6 Å². The third kappa shape index (κ3) is 2.95. The third-order valence-electron chi connectivity index (χ3n) is 3.51. The van der Waals surface area contributed by atoms with Gasteiger partial charge >= 0.3 is 5.97 Å². The molecule has 1 atom stereocenters. The van der Waals surface area contributed by atoms with Crippen molar-refractivity contribution >= 4 is 14.3 Å². The highest BCUT2D eigenvalue weighted by Crippen LogP contribution is 2.37. The number of rotatable bonds is 3. The Hall–Kier alpha value is -0.613. The summed E-state index contributed by atoms with van der Waals surface area (Å²) < 4.78 is 11.2. The molecule has 0 aromatic rings. The number of hydrogen-bond acceptors (Lipinski definition) is 3. The number of cyclic esters (lactones) is 1. The predicted molar refractivity (Wildman–Crippen MR) is 66.8 cm³/mol. The topological polar surface area (TPSA) is 35.5 Å². The van der Waals surface area contributed by atoms with Gasteiger partial charge in [-0.25, -0.2) is 4.79 Å². The maximum atomic E-state index is 11.0. The van der Waals surface area contributed by atoms with E-state index in [1.807, 2.05) is 6.92 Å². The number of esters is 1. The number of carbonyl (C=O) groups is 1. The molecular formula is C12H22O3Si. The SMILES string of the molecule is CC1=CC(=O)O[C@H]1CO[Si](C)(C)C(C)(C)C. The minimum atomic E-state index is -1.74. The Morgan fingerprint density at radius 1 is 1.44 bits per heavy atom. The summed E-state index contributed by atoms with van der Waals surface area (Å²) >= 11 is 0. The quantitative estimate of drug-likeness (QED) is 0.564. The second-order valence-electron chi connectivity index (χ2n) is 5.89. The highest BCUT2D eigenvalue weighted by Gasteiger charge is 2.38. The first-order valence-electron chi connectivity index (χ1n) is 5.66. The molecule has 16 heavy (non-hydrogen) atoms. The van der Waals surface area contributed by atoms with Crippen LogP contribution in [0, 0.1) is 0 Å². The second kappa shape index (κ2) is 4.34. The van der Waals surface area contributed by atoms with E-state index in [1.54, 1.807) is 6.08 Å². The molecule has 1 aliphatic heterocycles. The van der Waals surface area contributed by atoms with Crippen molar-refractivity contribution in [2.75, 3.05) is 6.61 Å². The number of carbonyl (C=O) groups excluding carboxylic acids is 1. The molecule has 0 aromatic carbocycles. The van der Waals surface area contributed by atoms with Gasteiger partial charge in [-0.1, -0.05) is 20.8 Å². The fraction of sp³-hybridized carbons (Fsp3) is 0.750. The fourth-order valence-corrected chi connectivity index (χ4v) is 2.21. The molecular weight excluding hydrogens is 220 g/mol. The van der Waals surface area contributed by atoms with E-state index in [9.17, 15) is 4.79 Å². The van der Waals surface area contributed by atoms with Crippen LogP contribution in [0.3, 0.4) is 0 Å². The Morgan fingerprint density at radius 2 is 2.00 bits per heavy atom. The van der Waals surface area contributed by atoms with E-state index >= 15 is 0 Å². The summed E-state index contributed by atoms with van der Waals surface area (Å²) in [5.41, 5.74) is 0.962. The maximum absolute atomic E-state index is 11.0. The van der Waals surface area contributed by atoms with Crippen molar-refractivity contribution in [3.63, 3.8) is 0 Å². The summed E-state index contributed by atoms with van der Waals surface area (Å²) in [7, 11) is -1.74. The molecule has 0 fully saturated rings. The first-order valence-corrected chi connectivity index (χ1v) is 8.57. The highest BCUT2D eigenvalue weighted by atomic mass is 28.4. The lowest BCUT2D eigenvalue weighted by Crippen LogP contribution is -2.42. The van der Waals surface area contributed by atoms with Crippen LogP contribution >= 0.6 is 0 Å². The van der Waals surface area contributed by atoms with E-state index in [0.717, 1.165) is 5.57 Å². The second-order valence-corrected chi connectivity index (χ2v) is 10.7. The molecule has 0 spiro atoms. The maximum Gasteiger partial charge on any atom is 0.331 e. The minimum Gasteiger partial charge on any atom is -0.452 e. The van der Waals surface area contributed by atoms with Crippen LogP contribution in [-0.2, 0) is 14.0 Å². The zero-order valence-electron chi connectivity index (χ0n) is 11.1. The average molecular weight is 242 g/mol. The van der Waals surface area contributed by atoms with Gasteiger partial charge in [0, 0.05) is 6.08 Å². The van der Waals surface area contributed by atoms with Gasteiger partial charge in [-0.2, -0.15) is 0 Å². The molecule has 4 heteroatoms. The predicted octanol–water partition coefficient (Wildman–Crippen LogP) is 2.88. The zero-order chi connectivity index (χ0) is 12.6. The lowest BCUT2D eigenvalue weighted by atomic mass is 10.2. The fourth-order valence-electron chi connectivity index (χ4n) is 1.21. The van der Waals surface area contributed by atoms with Gasteiger partial charge < -0.3 is 9.16 Å². The standard InChI is InChI=1S/C12H22O3Si/c1-9-7-11(13)15-10(9)8-14-16(5,6)12(2,3)4/h7,10H,8H2,1-6H3/t10-/m0/s1. The van der Waals surface area contributed by atoms with Crippen molar-refractivity contribution in [2.24, 2.45) is 0 Å². The zero-order valence-corrected chi connectivity index (χ0v) is 12.1. The van der Waals surface area contributed by atoms with Crippen LogP contribution in [0.15, 0.2) is 11.6 Å². The molecule has 0 bridgehead atoms. The minimum absolute atomic E-state index is 0.179. The molecule has 0 radical (unpaired) electrons. The lowest BCUT2D eigenvalue weighted by Gasteiger charge is -2.36. The van der Waals surface area contributed by atoms with Crippen LogP contribution in [0.5, 0.6) is 0 Å². The summed E-state index contributed by atoms with van der Waals surface area (Å²) in [6, 6.07) is 0. The van der Waals surface area contributed by atoms with Crippen molar-refractivity contribution in [2.45, 2.75) is 51.9 Å². The van der Waals surface area contributed by atoms with E-state index < -0.39 is 8.32 Å². The molecule has 1 rings (SSSR count). The normalized spacial score (nSPS) is 22.0. The Morgan fingerprint density at radius 3 is 2.38 bits per heavy atom. The number of ether oxygens (including phenoxy) is 1. The third-order valence-corrected chi connectivity index (χ3v) is 8.01. The molecule has 1 aliphatic rings. The molecule has 0 aromatic heterocycles. The van der Waals surface area contributed by atoms with Gasteiger partial charge in [0.2, 0.25) is 0 Å². The van der Waals surface area contributed by atoms with Crippen molar-refractivity contribution in [3.05, 3.63) is 11.6 Å². The molecule has 92 valence electrons. The van der Waals surface area contributed by atoms with E-state index in [4.69, 9.17) is 9.16 Å². The molecule has 0 amide bonds. The number of hydrogen-bond donors (Lipinski definition) is 0. The Bertz CT molecular complexity index is 313. The molecule has 0 unspecified atom stereocenters. The summed E-state index contributed by atoms with van der Waals surface area (Å²) in [4.78, 5) is 11.0. The van der Waals surface area contributed by atoms with Crippen molar-refractivity contribution in [1.29, 1.82) is 0 Å². The smallest absolute Gasteiger partial charge is 0.331 e. The summed E-state index contributed by atoms with van der Waals surface area (Å²) in [6.45, 7) is 13.4. The Labute approximate surface area is 99.0 Å². The Kier molecular flexibility index (Phi) is 3.64. The summed E-state index contributed by atoms with van der Waals surface area (Å²) in [6.07, 6.45) is 1.36. The molecule has 1 heterocycles. The van der Waals surface area contributed by atoms with Crippen molar-refractivity contribution in [1.82, 2.24) is 0 Å². The molecule has 0 saturated carbocycles. The lowest BCUT2D eigenvalue weighted by molar-refractivity contribution is -0.139. The van der Waals surface area contributed by atoms with E-state index in [1.165, 1.54) is 0 Å². The first kappa shape index (κ1) is 13.5. The molecule has 0 aliphatic carbocycles. The van der Waals surface area contributed by atoms with Crippen LogP contribution in [0.2, 0.25) is 18.1 Å². The first-order chi connectivity index (χ1) is 7.13.